The molecule has 0 radical (unpaired) electrons. The number of aromatic nitrogens is 3. The van der Waals surface area contributed by atoms with Crippen molar-refractivity contribution < 1.29 is 4.42 Å². The summed E-state index contributed by atoms with van der Waals surface area (Å²) in [5, 5.41) is 7.17. The van der Waals surface area contributed by atoms with Crippen LogP contribution in [-0.4, -0.2) is 15.0 Å². The Bertz CT molecular complexity index is 3470. The third kappa shape index (κ3) is 5.15. The van der Waals surface area contributed by atoms with Crippen molar-refractivity contribution in [2.45, 2.75) is 0 Å². The first-order valence-electron chi connectivity index (χ1n) is 18.9. The third-order valence-electron chi connectivity index (χ3n) is 10.9. The summed E-state index contributed by atoms with van der Waals surface area (Å²) in [4.78, 5) is 15.2. The lowest BCUT2D eigenvalue weighted by Crippen LogP contribution is -2.00. The Balaban J connectivity index is 1.10. The van der Waals surface area contributed by atoms with Crippen LogP contribution in [0.1, 0.15) is 0 Å². The molecule has 0 N–H and O–H groups in total. The van der Waals surface area contributed by atoms with Crippen molar-refractivity contribution in [3.63, 3.8) is 0 Å². The lowest BCUT2D eigenvalue weighted by molar-refractivity contribution is 0.670. The fraction of sp³-hybridized carbons (Fsp3) is 0. The number of hydrogen-bond acceptors (Lipinski definition) is 6. The van der Waals surface area contributed by atoms with E-state index in [2.05, 4.69) is 133 Å². The average molecular weight is 764 g/mol. The molecule has 0 amide bonds. The maximum Gasteiger partial charge on any atom is 0.165 e. The van der Waals surface area contributed by atoms with Gasteiger partial charge in [0, 0.05) is 78.9 Å². The van der Waals surface area contributed by atoms with Gasteiger partial charge in [0.25, 0.3) is 0 Å². The van der Waals surface area contributed by atoms with Crippen LogP contribution in [0.3, 0.4) is 0 Å². The molecule has 4 heterocycles. The highest BCUT2D eigenvalue weighted by Gasteiger charge is 2.21. The fourth-order valence-corrected chi connectivity index (χ4v) is 10.9. The second-order valence-corrected chi connectivity index (χ2v) is 16.4. The molecule has 0 aliphatic heterocycles. The largest absolute Gasteiger partial charge is 0.455 e. The van der Waals surface area contributed by atoms with E-state index in [1.54, 1.807) is 11.3 Å². The van der Waals surface area contributed by atoms with Gasteiger partial charge in [0.15, 0.2) is 17.5 Å². The molecule has 0 bridgehead atoms. The van der Waals surface area contributed by atoms with E-state index >= 15 is 0 Å². The number of benzene rings is 8. The lowest BCUT2D eigenvalue weighted by Gasteiger charge is -2.10. The van der Waals surface area contributed by atoms with Gasteiger partial charge in [-0.15, -0.1) is 22.7 Å². The first-order chi connectivity index (χ1) is 28.2. The molecule has 266 valence electrons. The maximum absolute atomic E-state index is 6.72. The smallest absolute Gasteiger partial charge is 0.165 e. The Hall–Kier alpha value is -6.99. The van der Waals surface area contributed by atoms with Gasteiger partial charge in [0.2, 0.25) is 0 Å². The van der Waals surface area contributed by atoms with Crippen LogP contribution in [-0.2, 0) is 0 Å². The molecule has 0 spiro atoms. The second kappa shape index (κ2) is 12.8. The van der Waals surface area contributed by atoms with Gasteiger partial charge in [0.1, 0.15) is 11.2 Å². The summed E-state index contributed by atoms with van der Waals surface area (Å²) in [6.45, 7) is 0. The second-order valence-electron chi connectivity index (χ2n) is 14.3. The van der Waals surface area contributed by atoms with Crippen molar-refractivity contribution in [1.29, 1.82) is 0 Å². The topological polar surface area (TPSA) is 51.8 Å². The molecule has 0 atom stereocenters. The number of thiophene rings is 2. The Morgan fingerprint density at radius 3 is 1.58 bits per heavy atom. The summed E-state index contributed by atoms with van der Waals surface area (Å²) in [5.41, 5.74) is 9.31. The minimum atomic E-state index is 0.653. The molecule has 0 aliphatic rings. The predicted octanol–water partition coefficient (Wildman–Crippen LogP) is 14.8. The first-order valence-corrected chi connectivity index (χ1v) is 20.6. The van der Waals surface area contributed by atoms with Crippen LogP contribution in [0.15, 0.2) is 180 Å². The van der Waals surface area contributed by atoms with Gasteiger partial charge in [-0.3, -0.25) is 0 Å². The summed E-state index contributed by atoms with van der Waals surface area (Å²) < 4.78 is 11.6. The predicted molar refractivity (Wildman–Crippen MR) is 240 cm³/mol. The zero-order chi connectivity index (χ0) is 37.5. The SMILES string of the molecule is c1ccc(-c2nc(-c3ccccc3)nc(-c3cccc4c3sc3c(-c5cc(-c6cccc7c6sc6ccccc67)c6oc7ccccc7c6c5)cccc34)n2)cc1. The number of nitrogens with zero attached hydrogens (tertiary/aromatic N) is 3. The molecule has 12 rings (SSSR count). The van der Waals surface area contributed by atoms with Crippen LogP contribution in [0, 0.1) is 0 Å². The minimum absolute atomic E-state index is 0.653. The van der Waals surface area contributed by atoms with Gasteiger partial charge in [-0.05, 0) is 41.5 Å². The Labute approximate surface area is 335 Å². The standard InChI is InChI=1S/C51H29N3OS2/c1-3-14-30(15-4-1)49-52-50(31-16-5-2-6-17-31)54-51(53-49)40-25-13-23-38-37-22-11-20-33(46(37)57-48(38)40)32-28-41-34-18-7-9-26-43(34)55-45(41)42(29-32)39-24-12-21-36-35-19-8-10-27-44(35)56-47(36)39/h1-29H. The van der Waals surface area contributed by atoms with Gasteiger partial charge in [0.05, 0.1) is 0 Å². The normalized spacial score (nSPS) is 11.9. The van der Waals surface area contributed by atoms with Crippen molar-refractivity contribution in [2.24, 2.45) is 0 Å². The first kappa shape index (κ1) is 32.3. The van der Waals surface area contributed by atoms with E-state index in [1.165, 1.54) is 46.8 Å². The number of furan rings is 1. The molecule has 8 aromatic carbocycles. The molecule has 0 saturated heterocycles. The van der Waals surface area contributed by atoms with E-state index in [0.717, 1.165) is 54.5 Å². The highest BCUT2D eigenvalue weighted by Crippen LogP contribution is 2.48. The molecule has 4 aromatic heterocycles. The quantitative estimate of drug-likeness (QED) is 0.175. The van der Waals surface area contributed by atoms with Gasteiger partial charge < -0.3 is 4.42 Å². The summed E-state index contributed by atoms with van der Waals surface area (Å²) in [6, 6.07) is 61.9. The van der Waals surface area contributed by atoms with Gasteiger partial charge >= 0.3 is 0 Å². The van der Waals surface area contributed by atoms with E-state index in [4.69, 9.17) is 19.4 Å². The zero-order valence-corrected chi connectivity index (χ0v) is 31.9. The Morgan fingerprint density at radius 1 is 0.333 bits per heavy atom. The highest BCUT2D eigenvalue weighted by atomic mass is 32.1. The summed E-state index contributed by atoms with van der Waals surface area (Å²) in [7, 11) is 0. The van der Waals surface area contributed by atoms with Crippen molar-refractivity contribution in [3.8, 4) is 56.4 Å². The number of para-hydroxylation sites is 1. The molecule has 57 heavy (non-hydrogen) atoms. The van der Waals surface area contributed by atoms with Crippen LogP contribution in [0.4, 0.5) is 0 Å². The molecule has 0 unspecified atom stereocenters. The Morgan fingerprint density at radius 2 is 0.860 bits per heavy atom. The lowest BCUT2D eigenvalue weighted by atomic mass is 9.94. The third-order valence-corrected chi connectivity index (χ3v) is 13.5. The van der Waals surface area contributed by atoms with Crippen molar-refractivity contribution >= 4 is 85.0 Å². The number of rotatable bonds is 5. The van der Waals surface area contributed by atoms with Crippen molar-refractivity contribution in [2.75, 3.05) is 0 Å². The Kier molecular flexibility index (Phi) is 7.24. The number of fused-ring (bicyclic) bond motifs is 9. The van der Waals surface area contributed by atoms with Crippen LogP contribution in [0.5, 0.6) is 0 Å². The van der Waals surface area contributed by atoms with E-state index in [-0.39, 0.29) is 0 Å². The highest BCUT2D eigenvalue weighted by molar-refractivity contribution is 7.27. The van der Waals surface area contributed by atoms with Crippen molar-refractivity contribution in [3.05, 3.63) is 176 Å². The monoisotopic (exact) mass is 763 g/mol. The molecular weight excluding hydrogens is 735 g/mol. The van der Waals surface area contributed by atoms with E-state index in [1.807, 2.05) is 53.8 Å². The van der Waals surface area contributed by atoms with Crippen LogP contribution < -0.4 is 0 Å². The summed E-state index contributed by atoms with van der Waals surface area (Å²) in [5.74, 6) is 1.96. The molecule has 6 heteroatoms. The molecular formula is C51H29N3OS2. The average Bonchev–Trinajstić information content (AvgIpc) is 3.98. The minimum Gasteiger partial charge on any atom is -0.455 e. The number of hydrogen-bond donors (Lipinski definition) is 0. The molecule has 0 aliphatic carbocycles. The van der Waals surface area contributed by atoms with E-state index in [0.29, 0.717) is 17.5 Å². The maximum atomic E-state index is 6.72. The molecule has 0 saturated carbocycles. The molecule has 0 fully saturated rings. The van der Waals surface area contributed by atoms with Gasteiger partial charge in [-0.1, -0.05) is 146 Å². The van der Waals surface area contributed by atoms with Gasteiger partial charge in [-0.2, -0.15) is 0 Å². The molecule has 12 aromatic rings. The van der Waals surface area contributed by atoms with Crippen molar-refractivity contribution in [1.82, 2.24) is 15.0 Å². The fourth-order valence-electron chi connectivity index (χ4n) is 8.29. The zero-order valence-electron chi connectivity index (χ0n) is 30.3. The van der Waals surface area contributed by atoms with E-state index in [9.17, 15) is 0 Å². The van der Waals surface area contributed by atoms with Crippen LogP contribution in [0.25, 0.3) is 119 Å². The van der Waals surface area contributed by atoms with Gasteiger partial charge in [-0.25, -0.2) is 15.0 Å². The summed E-state index contributed by atoms with van der Waals surface area (Å²) in [6.07, 6.45) is 0. The van der Waals surface area contributed by atoms with E-state index < -0.39 is 0 Å². The van der Waals surface area contributed by atoms with Crippen LogP contribution >= 0.6 is 22.7 Å². The van der Waals surface area contributed by atoms with Crippen LogP contribution in [0.2, 0.25) is 0 Å². The summed E-state index contributed by atoms with van der Waals surface area (Å²) >= 11 is 3.65. The molecule has 4 nitrogen and oxygen atoms in total.